The van der Waals surface area contributed by atoms with Crippen molar-refractivity contribution in [3.8, 4) is 0 Å². The molecule has 0 spiro atoms. The van der Waals surface area contributed by atoms with Gasteiger partial charge in [0.05, 0.1) is 4.90 Å². The van der Waals surface area contributed by atoms with E-state index in [1.54, 1.807) is 12.1 Å². The Morgan fingerprint density at radius 3 is 2.68 bits per heavy atom. The van der Waals surface area contributed by atoms with Gasteiger partial charge in [-0.25, -0.2) is 13.1 Å². The van der Waals surface area contributed by atoms with Crippen LogP contribution in [0.15, 0.2) is 29.2 Å². The standard InChI is InChI=1S/C13H19NO4S/c1-10-4-3-5-12(8-10)19(17,18)14-9-11(2)6-7-13(15)16/h3-5,8,11,14H,6-7,9H2,1-2H3,(H,15,16). The Morgan fingerprint density at radius 1 is 1.42 bits per heavy atom. The first-order valence-electron chi connectivity index (χ1n) is 6.09. The Labute approximate surface area is 113 Å². The predicted molar refractivity (Wildman–Crippen MR) is 72.4 cm³/mol. The van der Waals surface area contributed by atoms with Crippen LogP contribution in [-0.2, 0) is 14.8 Å². The highest BCUT2D eigenvalue weighted by molar-refractivity contribution is 7.89. The van der Waals surface area contributed by atoms with Crippen molar-refractivity contribution in [2.24, 2.45) is 5.92 Å². The number of rotatable bonds is 7. The zero-order valence-electron chi connectivity index (χ0n) is 11.1. The largest absolute Gasteiger partial charge is 0.481 e. The molecule has 2 N–H and O–H groups in total. The molecule has 0 fully saturated rings. The maximum Gasteiger partial charge on any atom is 0.303 e. The van der Waals surface area contributed by atoms with Crippen LogP contribution in [0.3, 0.4) is 0 Å². The number of hydrogen-bond acceptors (Lipinski definition) is 3. The van der Waals surface area contributed by atoms with Gasteiger partial charge >= 0.3 is 5.97 Å². The maximum atomic E-state index is 12.0. The fraction of sp³-hybridized carbons (Fsp3) is 0.462. The molecule has 0 aliphatic carbocycles. The van der Waals surface area contributed by atoms with Crippen molar-refractivity contribution < 1.29 is 18.3 Å². The van der Waals surface area contributed by atoms with Crippen molar-refractivity contribution in [1.29, 1.82) is 0 Å². The van der Waals surface area contributed by atoms with Crippen LogP contribution in [0.5, 0.6) is 0 Å². The number of carbonyl (C=O) groups is 1. The minimum Gasteiger partial charge on any atom is -0.481 e. The van der Waals surface area contributed by atoms with Crippen LogP contribution in [0.1, 0.15) is 25.3 Å². The van der Waals surface area contributed by atoms with E-state index in [-0.39, 0.29) is 23.8 Å². The highest BCUT2D eigenvalue weighted by atomic mass is 32.2. The van der Waals surface area contributed by atoms with Crippen molar-refractivity contribution in [3.05, 3.63) is 29.8 Å². The zero-order valence-corrected chi connectivity index (χ0v) is 11.9. The van der Waals surface area contributed by atoms with Crippen LogP contribution in [0.25, 0.3) is 0 Å². The van der Waals surface area contributed by atoms with E-state index in [0.717, 1.165) is 5.56 Å². The molecule has 0 aliphatic rings. The number of hydrogen-bond donors (Lipinski definition) is 2. The van der Waals surface area contributed by atoms with Gasteiger partial charge in [-0.3, -0.25) is 4.79 Å². The summed E-state index contributed by atoms with van der Waals surface area (Å²) in [6.07, 6.45) is 0.499. The third kappa shape index (κ3) is 5.40. The summed E-state index contributed by atoms with van der Waals surface area (Å²) >= 11 is 0. The van der Waals surface area contributed by atoms with Gasteiger partial charge in [0.25, 0.3) is 0 Å². The van der Waals surface area contributed by atoms with E-state index in [1.165, 1.54) is 6.07 Å². The van der Waals surface area contributed by atoms with Gasteiger partial charge in [-0.2, -0.15) is 0 Å². The Hall–Kier alpha value is -1.40. The van der Waals surface area contributed by atoms with Crippen LogP contribution >= 0.6 is 0 Å². The summed E-state index contributed by atoms with van der Waals surface area (Å²) < 4.78 is 26.5. The summed E-state index contributed by atoms with van der Waals surface area (Å²) in [6.45, 7) is 3.89. The summed E-state index contributed by atoms with van der Waals surface area (Å²) in [6, 6.07) is 6.66. The number of benzene rings is 1. The molecule has 1 aromatic carbocycles. The second-order valence-electron chi connectivity index (χ2n) is 4.71. The molecule has 0 aromatic heterocycles. The Kier molecular flexibility index (Phi) is 5.50. The Morgan fingerprint density at radius 2 is 2.11 bits per heavy atom. The van der Waals surface area contributed by atoms with E-state index in [1.807, 2.05) is 19.9 Å². The lowest BCUT2D eigenvalue weighted by atomic mass is 10.1. The first kappa shape index (κ1) is 15.7. The van der Waals surface area contributed by atoms with Gasteiger partial charge in [-0.15, -0.1) is 0 Å². The van der Waals surface area contributed by atoms with Crippen molar-refractivity contribution in [1.82, 2.24) is 4.72 Å². The summed E-state index contributed by atoms with van der Waals surface area (Å²) in [7, 11) is -3.51. The van der Waals surface area contributed by atoms with E-state index in [2.05, 4.69) is 4.72 Å². The lowest BCUT2D eigenvalue weighted by Crippen LogP contribution is -2.28. The molecule has 0 saturated carbocycles. The average Bonchev–Trinajstić information content (AvgIpc) is 2.34. The quantitative estimate of drug-likeness (QED) is 0.799. The molecule has 1 aromatic rings. The first-order valence-corrected chi connectivity index (χ1v) is 7.57. The van der Waals surface area contributed by atoms with E-state index < -0.39 is 16.0 Å². The van der Waals surface area contributed by atoms with Crippen LogP contribution in [0.4, 0.5) is 0 Å². The lowest BCUT2D eigenvalue weighted by Gasteiger charge is -2.12. The van der Waals surface area contributed by atoms with Gasteiger partial charge < -0.3 is 5.11 Å². The average molecular weight is 285 g/mol. The normalized spacial score (nSPS) is 13.2. The molecule has 19 heavy (non-hydrogen) atoms. The molecule has 1 rings (SSSR count). The van der Waals surface area contributed by atoms with Crippen molar-refractivity contribution >= 4 is 16.0 Å². The van der Waals surface area contributed by atoms with E-state index in [0.29, 0.717) is 6.42 Å². The number of carboxylic acids is 1. The second-order valence-corrected chi connectivity index (χ2v) is 6.47. The summed E-state index contributed by atoms with van der Waals surface area (Å²) in [5, 5.41) is 8.56. The minimum atomic E-state index is -3.51. The van der Waals surface area contributed by atoms with Gasteiger partial charge in [0.2, 0.25) is 10.0 Å². The van der Waals surface area contributed by atoms with Crippen molar-refractivity contribution in [3.63, 3.8) is 0 Å². The molecule has 0 amide bonds. The molecule has 0 bridgehead atoms. The molecule has 0 heterocycles. The molecule has 0 saturated heterocycles. The number of sulfonamides is 1. The Balaban J connectivity index is 2.58. The highest BCUT2D eigenvalue weighted by Crippen LogP contribution is 2.12. The molecular formula is C13H19NO4S. The van der Waals surface area contributed by atoms with Crippen molar-refractivity contribution in [2.45, 2.75) is 31.6 Å². The monoisotopic (exact) mass is 285 g/mol. The number of aliphatic carboxylic acids is 1. The number of nitrogens with one attached hydrogen (secondary N) is 1. The van der Waals surface area contributed by atoms with E-state index in [4.69, 9.17) is 5.11 Å². The zero-order chi connectivity index (χ0) is 14.5. The SMILES string of the molecule is Cc1cccc(S(=O)(=O)NCC(C)CCC(=O)O)c1. The van der Waals surface area contributed by atoms with Crippen LogP contribution < -0.4 is 4.72 Å². The molecule has 1 unspecified atom stereocenters. The lowest BCUT2D eigenvalue weighted by molar-refractivity contribution is -0.137. The summed E-state index contributed by atoms with van der Waals surface area (Å²) in [5.74, 6) is -0.885. The molecule has 0 radical (unpaired) electrons. The summed E-state index contributed by atoms with van der Waals surface area (Å²) in [5.41, 5.74) is 0.877. The topological polar surface area (TPSA) is 83.5 Å². The van der Waals surface area contributed by atoms with Gasteiger partial charge in [0, 0.05) is 13.0 Å². The summed E-state index contributed by atoms with van der Waals surface area (Å²) in [4.78, 5) is 10.7. The number of carboxylic acid groups (broad SMARTS) is 1. The van der Waals surface area contributed by atoms with E-state index >= 15 is 0 Å². The highest BCUT2D eigenvalue weighted by Gasteiger charge is 2.15. The molecule has 5 nitrogen and oxygen atoms in total. The smallest absolute Gasteiger partial charge is 0.303 e. The van der Waals surface area contributed by atoms with Crippen LogP contribution in [0.2, 0.25) is 0 Å². The van der Waals surface area contributed by atoms with Gasteiger partial charge in [-0.1, -0.05) is 19.1 Å². The van der Waals surface area contributed by atoms with Crippen molar-refractivity contribution in [2.75, 3.05) is 6.54 Å². The number of aryl methyl sites for hydroxylation is 1. The van der Waals surface area contributed by atoms with Gasteiger partial charge in [-0.05, 0) is 37.0 Å². The predicted octanol–water partition coefficient (Wildman–Crippen LogP) is 1.77. The van der Waals surface area contributed by atoms with Crippen LogP contribution in [-0.4, -0.2) is 26.0 Å². The fourth-order valence-corrected chi connectivity index (χ4v) is 2.86. The molecule has 6 heteroatoms. The molecule has 106 valence electrons. The maximum absolute atomic E-state index is 12.0. The van der Waals surface area contributed by atoms with Gasteiger partial charge in [0.15, 0.2) is 0 Å². The second kappa shape index (κ2) is 6.68. The third-order valence-corrected chi connectivity index (χ3v) is 4.19. The molecular weight excluding hydrogens is 266 g/mol. The minimum absolute atomic E-state index is 0.0179. The van der Waals surface area contributed by atoms with Gasteiger partial charge in [0.1, 0.15) is 0 Å². The molecule has 0 aliphatic heterocycles. The fourth-order valence-electron chi connectivity index (χ4n) is 1.59. The first-order chi connectivity index (χ1) is 8.81. The van der Waals surface area contributed by atoms with E-state index in [9.17, 15) is 13.2 Å². The Bertz CT molecular complexity index is 539. The molecule has 1 atom stereocenters. The van der Waals surface area contributed by atoms with Crippen LogP contribution in [0, 0.1) is 12.8 Å². The third-order valence-electron chi connectivity index (χ3n) is 2.77.